The third kappa shape index (κ3) is 3.49. The van der Waals surface area contributed by atoms with Crippen LogP contribution in [0.3, 0.4) is 0 Å². The van der Waals surface area contributed by atoms with Crippen LogP contribution in [0.4, 0.5) is 0 Å². The molecule has 13 heavy (non-hydrogen) atoms. The number of rotatable bonds is 3. The molecule has 0 N–H and O–H groups in total. The van der Waals surface area contributed by atoms with Crippen LogP contribution in [0, 0.1) is 10.8 Å². The minimum Gasteiger partial charge on any atom is -0.468 e. The van der Waals surface area contributed by atoms with Gasteiger partial charge in [-0.1, -0.05) is 5.92 Å². The fourth-order valence-electron chi connectivity index (χ4n) is 0.816. The monoisotopic (exact) mass is 240 g/mol. The molecule has 0 radical (unpaired) electrons. The van der Waals surface area contributed by atoms with Crippen molar-refractivity contribution in [2.24, 2.45) is 0 Å². The second-order valence-electron chi connectivity index (χ2n) is 2.29. The number of methoxy groups -OCH3 is 1. The molecule has 68 valence electrons. The van der Waals surface area contributed by atoms with Gasteiger partial charge in [-0.25, -0.2) is 0 Å². The average Bonchev–Trinajstić information content (AvgIpc) is 2.17. The summed E-state index contributed by atoms with van der Waals surface area (Å²) >= 11 is 3.03. The maximum Gasteiger partial charge on any atom is 0.188 e. The van der Waals surface area contributed by atoms with Crippen LogP contribution in [-0.4, -0.2) is 13.9 Å². The lowest BCUT2D eigenvalue weighted by atomic mass is 10.2. The van der Waals surface area contributed by atoms with Crippen molar-refractivity contribution in [1.29, 1.82) is 0 Å². The van der Waals surface area contributed by atoms with E-state index in [0.717, 1.165) is 11.3 Å². The molecule has 1 aromatic rings. The third-order valence-electron chi connectivity index (χ3n) is 1.39. The van der Waals surface area contributed by atoms with Gasteiger partial charge in [0, 0.05) is 28.6 Å². The number of benzene rings is 1. The summed E-state index contributed by atoms with van der Waals surface area (Å²) in [6, 6.07) is 7.48. The zero-order valence-electron chi connectivity index (χ0n) is 7.21. The van der Waals surface area contributed by atoms with Gasteiger partial charge in [0.25, 0.3) is 0 Å². The van der Waals surface area contributed by atoms with Crippen molar-refractivity contribution < 1.29 is 9.47 Å². The summed E-state index contributed by atoms with van der Waals surface area (Å²) in [6.45, 7) is 0.267. The second kappa shape index (κ2) is 5.63. The van der Waals surface area contributed by atoms with Crippen molar-refractivity contribution in [1.82, 2.24) is 0 Å². The third-order valence-corrected chi connectivity index (χ3v) is 1.59. The van der Waals surface area contributed by atoms with E-state index in [1.807, 2.05) is 24.3 Å². The van der Waals surface area contributed by atoms with Gasteiger partial charge in [0.2, 0.25) is 0 Å². The summed E-state index contributed by atoms with van der Waals surface area (Å²) in [5.74, 6) is 3.65. The van der Waals surface area contributed by atoms with Gasteiger partial charge in [-0.3, -0.25) is 0 Å². The van der Waals surface area contributed by atoms with Crippen LogP contribution in [0.5, 0.6) is 5.75 Å². The van der Waals surface area contributed by atoms with E-state index >= 15 is 0 Å². The minimum atomic E-state index is 0.267. The van der Waals surface area contributed by atoms with Crippen molar-refractivity contribution in [2.45, 2.75) is 0 Å². The Morgan fingerprint density at radius 2 is 2.00 bits per heavy atom. The average molecular weight is 241 g/mol. The van der Waals surface area contributed by atoms with E-state index in [4.69, 9.17) is 9.47 Å². The van der Waals surface area contributed by atoms with Crippen LogP contribution in [0.1, 0.15) is 5.56 Å². The smallest absolute Gasteiger partial charge is 0.188 e. The molecule has 0 unspecified atom stereocenters. The number of hydrogen-bond acceptors (Lipinski definition) is 2. The van der Waals surface area contributed by atoms with Crippen LogP contribution in [-0.2, 0) is 4.74 Å². The quantitative estimate of drug-likeness (QED) is 0.597. The van der Waals surface area contributed by atoms with Gasteiger partial charge in [-0.15, -0.1) is 0 Å². The molecule has 0 aromatic heterocycles. The molecule has 0 heterocycles. The van der Waals surface area contributed by atoms with Crippen molar-refractivity contribution in [3.63, 3.8) is 0 Å². The van der Waals surface area contributed by atoms with Crippen molar-refractivity contribution in [3.8, 4) is 16.5 Å². The highest BCUT2D eigenvalue weighted by atomic mass is 79.9. The van der Waals surface area contributed by atoms with Crippen LogP contribution in [0.25, 0.3) is 0 Å². The summed E-state index contributed by atoms with van der Waals surface area (Å²) in [5, 5.41) is 0. The van der Waals surface area contributed by atoms with Gasteiger partial charge in [-0.2, -0.15) is 0 Å². The summed E-state index contributed by atoms with van der Waals surface area (Å²) in [6.07, 6.45) is 0. The molecule has 0 saturated carbocycles. The molecule has 0 fully saturated rings. The molecule has 0 spiro atoms. The number of ether oxygens (including phenoxy) is 2. The van der Waals surface area contributed by atoms with Gasteiger partial charge in [0.05, 0.1) is 0 Å². The van der Waals surface area contributed by atoms with E-state index in [9.17, 15) is 0 Å². The highest BCUT2D eigenvalue weighted by Gasteiger charge is 1.91. The van der Waals surface area contributed by atoms with Crippen molar-refractivity contribution in [3.05, 3.63) is 29.8 Å². The molecular formula is C10H9BrO2. The maximum absolute atomic E-state index is 5.21. The van der Waals surface area contributed by atoms with Crippen LogP contribution < -0.4 is 4.74 Å². The Kier molecular flexibility index (Phi) is 4.37. The van der Waals surface area contributed by atoms with Crippen LogP contribution >= 0.6 is 15.9 Å². The fraction of sp³-hybridized carbons (Fsp3) is 0.200. The fourth-order valence-corrected chi connectivity index (χ4v) is 1.04. The Balaban J connectivity index is 2.62. The standard InChI is InChI=1S/C10H9BrO2/c1-12-8-13-10-4-2-9(3-5-10)6-7-11/h2-5H,8H2,1H3. The molecule has 1 rings (SSSR count). The second-order valence-corrected chi connectivity index (χ2v) is 2.69. The highest BCUT2D eigenvalue weighted by Crippen LogP contribution is 2.11. The Labute approximate surface area is 86.0 Å². The molecule has 0 atom stereocenters. The largest absolute Gasteiger partial charge is 0.468 e. The lowest BCUT2D eigenvalue weighted by molar-refractivity contribution is 0.0511. The Morgan fingerprint density at radius 3 is 2.54 bits per heavy atom. The molecule has 0 saturated heterocycles. The SMILES string of the molecule is COCOc1ccc(C#CBr)cc1. The van der Waals surface area contributed by atoms with Crippen molar-refractivity contribution >= 4 is 15.9 Å². The first kappa shape index (κ1) is 10.1. The van der Waals surface area contributed by atoms with Gasteiger partial charge in [0.15, 0.2) is 6.79 Å². The molecule has 0 bridgehead atoms. The van der Waals surface area contributed by atoms with E-state index in [0.29, 0.717) is 0 Å². The topological polar surface area (TPSA) is 18.5 Å². The van der Waals surface area contributed by atoms with E-state index in [-0.39, 0.29) is 6.79 Å². The zero-order chi connectivity index (χ0) is 9.52. The highest BCUT2D eigenvalue weighted by molar-refractivity contribution is 9.12. The predicted octanol–water partition coefficient (Wildman–Crippen LogP) is 2.37. The Bertz CT molecular complexity index is 308. The molecule has 0 aliphatic rings. The lowest BCUT2D eigenvalue weighted by Crippen LogP contribution is -1.98. The van der Waals surface area contributed by atoms with Gasteiger partial charge in [0.1, 0.15) is 5.75 Å². The molecule has 0 amide bonds. The number of hydrogen-bond donors (Lipinski definition) is 0. The molecule has 0 aliphatic heterocycles. The first-order valence-electron chi connectivity index (χ1n) is 3.70. The van der Waals surface area contributed by atoms with E-state index in [1.54, 1.807) is 7.11 Å². The summed E-state index contributed by atoms with van der Waals surface area (Å²) in [4.78, 5) is 2.64. The van der Waals surface area contributed by atoms with Gasteiger partial charge >= 0.3 is 0 Å². The zero-order valence-corrected chi connectivity index (χ0v) is 8.80. The first-order chi connectivity index (χ1) is 6.36. The van der Waals surface area contributed by atoms with Gasteiger partial charge < -0.3 is 9.47 Å². The Morgan fingerprint density at radius 1 is 1.31 bits per heavy atom. The first-order valence-corrected chi connectivity index (χ1v) is 4.49. The lowest BCUT2D eigenvalue weighted by Gasteiger charge is -2.03. The van der Waals surface area contributed by atoms with Gasteiger partial charge in [-0.05, 0) is 29.1 Å². The van der Waals surface area contributed by atoms with E-state index in [2.05, 4.69) is 26.7 Å². The Hall–Kier alpha value is -0.980. The summed E-state index contributed by atoms with van der Waals surface area (Å²) < 4.78 is 9.97. The molecule has 2 nitrogen and oxygen atoms in total. The normalized spacial score (nSPS) is 8.77. The van der Waals surface area contributed by atoms with E-state index in [1.165, 1.54) is 0 Å². The van der Waals surface area contributed by atoms with E-state index < -0.39 is 0 Å². The van der Waals surface area contributed by atoms with Crippen LogP contribution in [0.15, 0.2) is 24.3 Å². The molecule has 3 heteroatoms. The molecule has 0 aliphatic carbocycles. The molecule has 1 aromatic carbocycles. The number of halogens is 1. The predicted molar refractivity (Wildman–Crippen MR) is 54.8 cm³/mol. The molecular weight excluding hydrogens is 232 g/mol. The summed E-state index contributed by atoms with van der Waals surface area (Å²) in [7, 11) is 1.59. The summed E-state index contributed by atoms with van der Waals surface area (Å²) in [5.41, 5.74) is 0.946. The maximum atomic E-state index is 5.21. The van der Waals surface area contributed by atoms with Crippen molar-refractivity contribution in [2.75, 3.05) is 13.9 Å². The van der Waals surface area contributed by atoms with Crippen LogP contribution in [0.2, 0.25) is 0 Å². The minimum absolute atomic E-state index is 0.267.